The van der Waals surface area contributed by atoms with E-state index in [-0.39, 0.29) is 0 Å². The van der Waals surface area contributed by atoms with Crippen LogP contribution in [0.4, 0.5) is 13.2 Å². The first-order chi connectivity index (χ1) is 6.07. The van der Waals surface area contributed by atoms with E-state index in [2.05, 4.69) is 4.98 Å². The summed E-state index contributed by atoms with van der Waals surface area (Å²) in [7, 11) is 0. The topological polar surface area (TPSA) is 36.7 Å². The summed E-state index contributed by atoms with van der Waals surface area (Å²) in [5, 5.41) is 7.58. The number of alkyl halides is 2. The van der Waals surface area contributed by atoms with Crippen LogP contribution in [0.1, 0.15) is 17.6 Å². The minimum Gasteiger partial charge on any atom is -0.226 e. The van der Waals surface area contributed by atoms with E-state index in [1.807, 2.05) is 0 Å². The van der Waals surface area contributed by atoms with Crippen LogP contribution in [0.3, 0.4) is 0 Å². The van der Waals surface area contributed by atoms with E-state index in [9.17, 15) is 13.2 Å². The molecule has 68 valence electrons. The van der Waals surface area contributed by atoms with Crippen molar-refractivity contribution in [2.24, 2.45) is 0 Å². The summed E-state index contributed by atoms with van der Waals surface area (Å²) >= 11 is 5.20. The molecule has 0 amide bonds. The first kappa shape index (κ1) is 9.81. The van der Waals surface area contributed by atoms with Crippen LogP contribution < -0.4 is 0 Å². The lowest BCUT2D eigenvalue weighted by atomic mass is 10.1. The molecule has 0 saturated heterocycles. The van der Waals surface area contributed by atoms with Gasteiger partial charge in [-0.1, -0.05) is 11.6 Å². The van der Waals surface area contributed by atoms with Gasteiger partial charge >= 0.3 is 0 Å². The van der Waals surface area contributed by atoms with Crippen molar-refractivity contribution in [2.75, 3.05) is 0 Å². The number of halogens is 4. The van der Waals surface area contributed by atoms with Gasteiger partial charge in [-0.05, 0) is 0 Å². The Balaban J connectivity index is 3.43. The zero-order valence-corrected chi connectivity index (χ0v) is 6.82. The van der Waals surface area contributed by atoms with Crippen molar-refractivity contribution in [3.05, 3.63) is 28.3 Å². The number of nitriles is 1. The van der Waals surface area contributed by atoms with Crippen molar-refractivity contribution < 1.29 is 13.2 Å². The van der Waals surface area contributed by atoms with Crippen LogP contribution in [0, 0.1) is 17.3 Å². The Kier molecular flexibility index (Phi) is 2.73. The van der Waals surface area contributed by atoms with Crippen molar-refractivity contribution in [1.29, 1.82) is 5.26 Å². The SMILES string of the molecule is N#Cc1cnc(F)c(Cl)c1C(F)F. The van der Waals surface area contributed by atoms with Gasteiger partial charge in [-0.3, -0.25) is 0 Å². The molecule has 0 unspecified atom stereocenters. The van der Waals surface area contributed by atoms with Crippen LogP contribution in [-0.2, 0) is 0 Å². The second-order valence-electron chi connectivity index (χ2n) is 2.10. The molecule has 0 saturated carbocycles. The Labute approximate surface area is 76.6 Å². The molecule has 0 N–H and O–H groups in total. The highest BCUT2D eigenvalue weighted by Gasteiger charge is 2.20. The number of rotatable bonds is 1. The Morgan fingerprint density at radius 1 is 1.54 bits per heavy atom. The van der Waals surface area contributed by atoms with Gasteiger partial charge in [-0.15, -0.1) is 0 Å². The van der Waals surface area contributed by atoms with Gasteiger partial charge in [-0.25, -0.2) is 13.8 Å². The molecule has 1 aromatic heterocycles. The van der Waals surface area contributed by atoms with Gasteiger partial charge in [0.1, 0.15) is 11.1 Å². The van der Waals surface area contributed by atoms with E-state index in [0.717, 1.165) is 6.20 Å². The fourth-order valence-electron chi connectivity index (χ4n) is 0.779. The molecular weight excluding hydrogens is 205 g/mol. The Morgan fingerprint density at radius 2 is 2.15 bits per heavy atom. The van der Waals surface area contributed by atoms with E-state index in [1.54, 1.807) is 0 Å². The van der Waals surface area contributed by atoms with Gasteiger partial charge in [-0.2, -0.15) is 9.65 Å². The zero-order chi connectivity index (χ0) is 10.0. The highest BCUT2D eigenvalue weighted by atomic mass is 35.5. The second-order valence-corrected chi connectivity index (χ2v) is 2.48. The molecule has 1 rings (SSSR count). The van der Waals surface area contributed by atoms with Gasteiger partial charge in [0, 0.05) is 6.20 Å². The summed E-state index contributed by atoms with van der Waals surface area (Å²) in [6.45, 7) is 0. The van der Waals surface area contributed by atoms with Crippen LogP contribution >= 0.6 is 11.6 Å². The summed E-state index contributed by atoms with van der Waals surface area (Å²) in [5.74, 6) is -1.20. The lowest BCUT2D eigenvalue weighted by Gasteiger charge is -2.04. The smallest absolute Gasteiger partial charge is 0.226 e. The maximum atomic E-state index is 12.6. The molecular formula is C7H2ClF3N2. The predicted molar refractivity (Wildman–Crippen MR) is 38.9 cm³/mol. The summed E-state index contributed by atoms with van der Waals surface area (Å²) in [6.07, 6.45) is -2.26. The van der Waals surface area contributed by atoms with Crippen molar-refractivity contribution in [1.82, 2.24) is 4.98 Å². The standard InChI is InChI=1S/C7H2ClF3N2/c8-5-4(6(9)10)3(1-12)2-13-7(5)11/h2,6H. The van der Waals surface area contributed by atoms with Crippen LogP contribution in [0.2, 0.25) is 5.02 Å². The lowest BCUT2D eigenvalue weighted by molar-refractivity contribution is 0.150. The lowest BCUT2D eigenvalue weighted by Crippen LogP contribution is -1.97. The summed E-state index contributed by atoms with van der Waals surface area (Å²) in [4.78, 5) is 3.04. The maximum Gasteiger partial charge on any atom is 0.266 e. The molecule has 0 spiro atoms. The average molecular weight is 207 g/mol. The number of nitrogens with zero attached hydrogens (tertiary/aromatic N) is 2. The molecule has 0 atom stereocenters. The van der Waals surface area contributed by atoms with Gasteiger partial charge in [0.25, 0.3) is 6.43 Å². The van der Waals surface area contributed by atoms with Crippen molar-refractivity contribution in [2.45, 2.75) is 6.43 Å². The third kappa shape index (κ3) is 1.73. The molecule has 0 aromatic carbocycles. The van der Waals surface area contributed by atoms with Gasteiger partial charge < -0.3 is 0 Å². The van der Waals surface area contributed by atoms with Crippen LogP contribution in [0.25, 0.3) is 0 Å². The molecule has 0 aliphatic carbocycles. The number of hydrogen-bond acceptors (Lipinski definition) is 2. The Bertz CT molecular complexity index is 373. The summed E-state index contributed by atoms with van der Waals surface area (Å²) in [5.41, 5.74) is -1.22. The monoisotopic (exact) mass is 206 g/mol. The van der Waals surface area contributed by atoms with Gasteiger partial charge in [0.2, 0.25) is 5.95 Å². The van der Waals surface area contributed by atoms with Crippen molar-refractivity contribution in [3.8, 4) is 6.07 Å². The minimum atomic E-state index is -2.99. The second kappa shape index (κ2) is 3.62. The molecule has 0 aliphatic heterocycles. The molecule has 13 heavy (non-hydrogen) atoms. The third-order valence-corrected chi connectivity index (χ3v) is 1.71. The van der Waals surface area contributed by atoms with Gasteiger partial charge in [0.05, 0.1) is 11.1 Å². The van der Waals surface area contributed by atoms with Crippen LogP contribution in [0.15, 0.2) is 6.20 Å². The average Bonchev–Trinajstić information content (AvgIpc) is 2.08. The first-order valence-electron chi connectivity index (χ1n) is 3.10. The molecule has 0 radical (unpaired) electrons. The van der Waals surface area contributed by atoms with E-state index >= 15 is 0 Å². The highest BCUT2D eigenvalue weighted by Crippen LogP contribution is 2.30. The van der Waals surface area contributed by atoms with Crippen LogP contribution in [-0.4, -0.2) is 4.98 Å². The van der Waals surface area contributed by atoms with E-state index < -0.39 is 28.5 Å². The number of aromatic nitrogens is 1. The molecule has 2 nitrogen and oxygen atoms in total. The molecule has 1 aromatic rings. The van der Waals surface area contributed by atoms with Gasteiger partial charge in [0.15, 0.2) is 0 Å². The maximum absolute atomic E-state index is 12.6. The quantitative estimate of drug-likeness (QED) is 0.663. The first-order valence-corrected chi connectivity index (χ1v) is 3.48. The summed E-state index contributed by atoms with van der Waals surface area (Å²) in [6, 6.07) is 1.45. The molecule has 0 aliphatic rings. The minimum absolute atomic E-state index is 0.415. The molecule has 0 fully saturated rings. The third-order valence-electron chi connectivity index (χ3n) is 1.35. The van der Waals surface area contributed by atoms with Crippen LogP contribution in [0.5, 0.6) is 0 Å². The number of hydrogen-bond donors (Lipinski definition) is 0. The fourth-order valence-corrected chi connectivity index (χ4v) is 1.01. The van der Waals surface area contributed by atoms with E-state index in [1.165, 1.54) is 6.07 Å². The summed E-state index contributed by atoms with van der Waals surface area (Å²) < 4.78 is 37.0. The number of pyridine rings is 1. The Morgan fingerprint density at radius 3 is 2.62 bits per heavy atom. The molecule has 1 heterocycles. The fraction of sp³-hybridized carbons (Fsp3) is 0.143. The zero-order valence-electron chi connectivity index (χ0n) is 6.06. The van der Waals surface area contributed by atoms with E-state index in [0.29, 0.717) is 0 Å². The largest absolute Gasteiger partial charge is 0.266 e. The highest BCUT2D eigenvalue weighted by molar-refractivity contribution is 6.31. The van der Waals surface area contributed by atoms with Crippen molar-refractivity contribution in [3.63, 3.8) is 0 Å². The molecule has 6 heteroatoms. The van der Waals surface area contributed by atoms with E-state index in [4.69, 9.17) is 16.9 Å². The predicted octanol–water partition coefficient (Wildman–Crippen LogP) is 2.68. The van der Waals surface area contributed by atoms with Crippen molar-refractivity contribution >= 4 is 11.6 Å². The Hall–Kier alpha value is -1.28. The molecule has 0 bridgehead atoms. The normalized spacial score (nSPS) is 10.2.